The van der Waals surface area contributed by atoms with Crippen molar-refractivity contribution in [3.8, 4) is 0 Å². The van der Waals surface area contributed by atoms with E-state index >= 15 is 0 Å². The molecule has 0 radical (unpaired) electrons. The van der Waals surface area contributed by atoms with Crippen LogP contribution in [0.15, 0.2) is 24.3 Å². The lowest BCUT2D eigenvalue weighted by Gasteiger charge is -2.26. The van der Waals surface area contributed by atoms with Gasteiger partial charge in [0, 0.05) is 18.7 Å². The van der Waals surface area contributed by atoms with Gasteiger partial charge in [-0.3, -0.25) is 9.69 Å². The molecule has 0 amide bonds. The van der Waals surface area contributed by atoms with Gasteiger partial charge in [0.25, 0.3) is 0 Å². The lowest BCUT2D eigenvalue weighted by atomic mass is 10.0. The third-order valence-electron chi connectivity index (χ3n) is 3.41. The number of hydrogen-bond donors (Lipinski definition) is 0. The number of likely N-dealkylation sites (N-methyl/N-ethyl adjacent to an activating group) is 1. The summed E-state index contributed by atoms with van der Waals surface area (Å²) in [6, 6.07) is 7.21. The predicted octanol–water partition coefficient (Wildman–Crippen LogP) is 2.88. The minimum absolute atomic E-state index is 0.0739. The highest BCUT2D eigenvalue weighted by molar-refractivity contribution is 6.34. The number of nitrogens with zero attached hydrogens (tertiary/aromatic N) is 1. The summed E-state index contributed by atoms with van der Waals surface area (Å²) in [6.45, 7) is 2.99. The van der Waals surface area contributed by atoms with E-state index in [1.807, 2.05) is 19.2 Å². The molecule has 1 aromatic carbocycles. The Morgan fingerprint density at radius 2 is 2.26 bits per heavy atom. The third kappa shape index (κ3) is 4.30. The highest BCUT2D eigenvalue weighted by Crippen LogP contribution is 2.17. The van der Waals surface area contributed by atoms with E-state index in [9.17, 15) is 4.79 Å². The normalized spacial score (nSPS) is 19.6. The molecule has 1 aliphatic heterocycles. The lowest BCUT2D eigenvalue weighted by molar-refractivity contribution is 0.0416. The lowest BCUT2D eigenvalue weighted by Crippen LogP contribution is -2.34. The van der Waals surface area contributed by atoms with Crippen LogP contribution in [0.3, 0.4) is 0 Å². The monoisotopic (exact) mass is 281 g/mol. The zero-order valence-corrected chi connectivity index (χ0v) is 12.0. The smallest absolute Gasteiger partial charge is 0.178 e. The van der Waals surface area contributed by atoms with Gasteiger partial charge in [-0.05, 0) is 37.9 Å². The second-order valence-corrected chi connectivity index (χ2v) is 5.59. The van der Waals surface area contributed by atoms with Gasteiger partial charge >= 0.3 is 0 Å². The van der Waals surface area contributed by atoms with E-state index in [1.54, 1.807) is 12.1 Å². The van der Waals surface area contributed by atoms with Gasteiger partial charge in [-0.15, -0.1) is 0 Å². The van der Waals surface area contributed by atoms with Crippen LogP contribution in [-0.4, -0.2) is 44.0 Å². The maximum atomic E-state index is 12.2. The first-order valence-corrected chi connectivity index (χ1v) is 7.08. The topological polar surface area (TPSA) is 29.5 Å². The molecule has 1 atom stereocenters. The fourth-order valence-corrected chi connectivity index (χ4v) is 2.72. The van der Waals surface area contributed by atoms with Crippen LogP contribution in [0.5, 0.6) is 0 Å². The van der Waals surface area contributed by atoms with Crippen molar-refractivity contribution in [2.45, 2.75) is 12.8 Å². The molecule has 1 fully saturated rings. The third-order valence-corrected chi connectivity index (χ3v) is 3.74. The molecule has 1 aliphatic rings. The standard InChI is InChI=1S/C15H20ClNO2/c1-17(9-12-5-4-8-19-11-12)10-15(18)13-6-2-3-7-14(13)16/h2-3,6-7,12H,4-5,8-11H2,1H3. The van der Waals surface area contributed by atoms with E-state index < -0.39 is 0 Å². The molecule has 0 saturated carbocycles. The Kier molecular flexibility index (Phi) is 5.37. The Hall–Kier alpha value is -0.900. The van der Waals surface area contributed by atoms with Crippen LogP contribution in [0.25, 0.3) is 0 Å². The van der Waals surface area contributed by atoms with Gasteiger partial charge in [0.05, 0.1) is 18.2 Å². The second-order valence-electron chi connectivity index (χ2n) is 5.18. The number of halogens is 1. The molecule has 0 N–H and O–H groups in total. The Bertz CT molecular complexity index is 430. The fourth-order valence-electron chi connectivity index (χ4n) is 2.47. The van der Waals surface area contributed by atoms with Crippen LogP contribution in [0, 0.1) is 5.92 Å². The molecule has 0 aliphatic carbocycles. The summed E-state index contributed by atoms with van der Waals surface area (Å²) in [7, 11) is 1.98. The summed E-state index contributed by atoms with van der Waals surface area (Å²) in [6.07, 6.45) is 2.31. The molecule has 0 bridgehead atoms. The number of Topliss-reactive ketones (excluding diaryl/α,β-unsaturated/α-hetero) is 1. The number of carbonyl (C=O) groups is 1. The highest BCUT2D eigenvalue weighted by Gasteiger charge is 2.18. The number of carbonyl (C=O) groups excluding carboxylic acids is 1. The van der Waals surface area contributed by atoms with Crippen LogP contribution in [0.4, 0.5) is 0 Å². The SMILES string of the molecule is CN(CC(=O)c1ccccc1Cl)CC1CCCOC1. The zero-order valence-electron chi connectivity index (χ0n) is 11.3. The van der Waals surface area contributed by atoms with E-state index in [-0.39, 0.29) is 5.78 Å². The summed E-state index contributed by atoms with van der Waals surface area (Å²) in [5, 5.41) is 0.530. The molecule has 1 aromatic rings. The number of rotatable bonds is 5. The van der Waals surface area contributed by atoms with Crippen LogP contribution < -0.4 is 0 Å². The minimum atomic E-state index is 0.0739. The zero-order chi connectivity index (χ0) is 13.7. The Morgan fingerprint density at radius 3 is 2.95 bits per heavy atom. The molecule has 0 aromatic heterocycles. The predicted molar refractivity (Wildman–Crippen MR) is 76.8 cm³/mol. The average Bonchev–Trinajstić information content (AvgIpc) is 2.40. The summed E-state index contributed by atoms with van der Waals surface area (Å²) < 4.78 is 5.46. The molecule has 0 spiro atoms. The van der Waals surface area contributed by atoms with Gasteiger partial charge < -0.3 is 4.74 Å². The fraction of sp³-hybridized carbons (Fsp3) is 0.533. The van der Waals surface area contributed by atoms with Crippen molar-refractivity contribution < 1.29 is 9.53 Å². The van der Waals surface area contributed by atoms with Gasteiger partial charge in [0.1, 0.15) is 0 Å². The number of hydrogen-bond acceptors (Lipinski definition) is 3. The van der Waals surface area contributed by atoms with Gasteiger partial charge in [-0.2, -0.15) is 0 Å². The van der Waals surface area contributed by atoms with Crippen LogP contribution in [-0.2, 0) is 4.74 Å². The van der Waals surface area contributed by atoms with Crippen molar-refractivity contribution in [1.82, 2.24) is 4.90 Å². The van der Waals surface area contributed by atoms with Crippen molar-refractivity contribution >= 4 is 17.4 Å². The number of ketones is 1. The molecule has 2 rings (SSSR count). The van der Waals surface area contributed by atoms with Crippen molar-refractivity contribution in [3.05, 3.63) is 34.9 Å². The molecule has 3 nitrogen and oxygen atoms in total. The maximum Gasteiger partial charge on any atom is 0.178 e. The van der Waals surface area contributed by atoms with Crippen molar-refractivity contribution in [1.29, 1.82) is 0 Å². The van der Waals surface area contributed by atoms with Crippen LogP contribution in [0.2, 0.25) is 5.02 Å². The molecule has 1 unspecified atom stereocenters. The van der Waals surface area contributed by atoms with E-state index in [0.29, 0.717) is 23.0 Å². The summed E-state index contributed by atoms with van der Waals surface area (Å²) in [5.74, 6) is 0.614. The molecular weight excluding hydrogens is 262 g/mol. The van der Waals surface area contributed by atoms with Gasteiger partial charge in [-0.25, -0.2) is 0 Å². The van der Waals surface area contributed by atoms with Crippen molar-refractivity contribution in [2.75, 3.05) is 33.4 Å². The summed E-state index contributed by atoms with van der Waals surface area (Å²) >= 11 is 6.04. The second kappa shape index (κ2) is 7.04. The van der Waals surface area contributed by atoms with Gasteiger partial charge in [0.2, 0.25) is 0 Å². The number of ether oxygens (including phenoxy) is 1. The largest absolute Gasteiger partial charge is 0.381 e. The number of benzene rings is 1. The molecule has 19 heavy (non-hydrogen) atoms. The maximum absolute atomic E-state index is 12.2. The first kappa shape index (κ1) is 14.5. The van der Waals surface area contributed by atoms with E-state index in [0.717, 1.165) is 26.2 Å². The first-order chi connectivity index (χ1) is 9.16. The summed E-state index contributed by atoms with van der Waals surface area (Å²) in [5.41, 5.74) is 0.607. The van der Waals surface area contributed by atoms with Gasteiger partial charge in [0.15, 0.2) is 5.78 Å². The summed E-state index contributed by atoms with van der Waals surface area (Å²) in [4.78, 5) is 14.2. The molecule has 4 heteroatoms. The van der Waals surface area contributed by atoms with E-state index in [1.165, 1.54) is 6.42 Å². The van der Waals surface area contributed by atoms with E-state index in [2.05, 4.69) is 4.90 Å². The van der Waals surface area contributed by atoms with E-state index in [4.69, 9.17) is 16.3 Å². The molecular formula is C15H20ClNO2. The quantitative estimate of drug-likeness (QED) is 0.777. The van der Waals surface area contributed by atoms with Crippen LogP contribution in [0.1, 0.15) is 23.2 Å². The van der Waals surface area contributed by atoms with Crippen LogP contribution >= 0.6 is 11.6 Å². The minimum Gasteiger partial charge on any atom is -0.381 e. The highest BCUT2D eigenvalue weighted by atomic mass is 35.5. The Balaban J connectivity index is 1.86. The van der Waals surface area contributed by atoms with Gasteiger partial charge in [-0.1, -0.05) is 23.7 Å². The molecule has 1 saturated heterocycles. The first-order valence-electron chi connectivity index (χ1n) is 6.71. The van der Waals surface area contributed by atoms with Crippen molar-refractivity contribution in [2.24, 2.45) is 5.92 Å². The van der Waals surface area contributed by atoms with Crippen molar-refractivity contribution in [3.63, 3.8) is 0 Å². The molecule has 1 heterocycles. The average molecular weight is 282 g/mol. The molecule has 104 valence electrons. The Labute approximate surface area is 119 Å². The Morgan fingerprint density at radius 1 is 1.47 bits per heavy atom.